The molecular weight excluding hydrogens is 368 g/mol. The van der Waals surface area contributed by atoms with E-state index in [2.05, 4.69) is 41.4 Å². The van der Waals surface area contributed by atoms with Crippen LogP contribution >= 0.6 is 0 Å². The number of hydrogen-bond acceptors (Lipinski definition) is 5. The lowest BCUT2D eigenvalue weighted by Gasteiger charge is -2.08. The van der Waals surface area contributed by atoms with Gasteiger partial charge in [0.25, 0.3) is 0 Å². The number of epoxide rings is 2. The van der Waals surface area contributed by atoms with Gasteiger partial charge in [0.1, 0.15) is 36.9 Å². The second-order valence-electron chi connectivity index (χ2n) is 7.36. The van der Waals surface area contributed by atoms with Gasteiger partial charge in [0.2, 0.25) is 0 Å². The van der Waals surface area contributed by atoms with Gasteiger partial charge >= 0.3 is 0 Å². The summed E-state index contributed by atoms with van der Waals surface area (Å²) in [5.41, 5.74) is 5.39. The van der Waals surface area contributed by atoms with Crippen molar-refractivity contribution in [2.75, 3.05) is 26.4 Å². The Morgan fingerprint density at radius 3 is 1.86 bits per heavy atom. The van der Waals surface area contributed by atoms with E-state index >= 15 is 0 Å². The van der Waals surface area contributed by atoms with Crippen molar-refractivity contribution in [2.45, 2.75) is 25.6 Å². The van der Waals surface area contributed by atoms with Gasteiger partial charge in [-0.25, -0.2) is 0 Å². The molecule has 3 heterocycles. The summed E-state index contributed by atoms with van der Waals surface area (Å²) >= 11 is 0. The molecule has 29 heavy (non-hydrogen) atoms. The Bertz CT molecular complexity index is 881. The molecule has 2 atom stereocenters. The van der Waals surface area contributed by atoms with Gasteiger partial charge in [0.05, 0.1) is 24.6 Å². The average Bonchev–Trinajstić information content (AvgIpc) is 3.70. The van der Waals surface area contributed by atoms with E-state index < -0.39 is 0 Å². The predicted octanol–water partition coefficient (Wildman–Crippen LogP) is 3.86. The molecule has 3 aromatic rings. The maximum atomic E-state index is 5.73. The largest absolute Gasteiger partial charge is 0.491 e. The van der Waals surface area contributed by atoms with Crippen molar-refractivity contribution in [1.82, 2.24) is 10.2 Å². The van der Waals surface area contributed by atoms with Gasteiger partial charge in [0.15, 0.2) is 0 Å². The second-order valence-corrected chi connectivity index (χ2v) is 7.36. The molecule has 0 amide bonds. The highest BCUT2D eigenvalue weighted by molar-refractivity contribution is 5.74. The summed E-state index contributed by atoms with van der Waals surface area (Å²) in [5.74, 6) is 1.71. The maximum absolute atomic E-state index is 5.73. The number of aromatic amines is 1. The Hall–Kier alpha value is -2.83. The summed E-state index contributed by atoms with van der Waals surface area (Å²) in [4.78, 5) is 0. The smallest absolute Gasteiger partial charge is 0.119 e. The lowest BCUT2D eigenvalue weighted by atomic mass is 10.00. The van der Waals surface area contributed by atoms with Gasteiger partial charge in [-0.05, 0) is 55.0 Å². The van der Waals surface area contributed by atoms with E-state index in [0.29, 0.717) is 13.2 Å². The number of benzene rings is 2. The van der Waals surface area contributed by atoms with Crippen molar-refractivity contribution in [1.29, 1.82) is 0 Å². The number of ether oxygens (including phenoxy) is 4. The third kappa shape index (κ3) is 4.28. The zero-order valence-electron chi connectivity index (χ0n) is 16.4. The molecule has 0 radical (unpaired) electrons. The van der Waals surface area contributed by atoms with Gasteiger partial charge < -0.3 is 18.9 Å². The minimum atomic E-state index is 0.258. The van der Waals surface area contributed by atoms with Gasteiger partial charge in [-0.2, -0.15) is 5.10 Å². The molecule has 2 aliphatic heterocycles. The number of nitrogens with zero attached hydrogens (tertiary/aromatic N) is 1. The molecule has 6 heteroatoms. The van der Waals surface area contributed by atoms with E-state index in [1.165, 1.54) is 5.56 Å². The van der Waals surface area contributed by atoms with E-state index in [1.54, 1.807) is 0 Å². The average molecular weight is 392 g/mol. The number of nitrogens with one attached hydrogen (secondary N) is 1. The Morgan fingerprint density at radius 2 is 1.38 bits per heavy atom. The second kappa shape index (κ2) is 7.89. The molecule has 0 aliphatic carbocycles. The van der Waals surface area contributed by atoms with Crippen molar-refractivity contribution in [3.63, 3.8) is 0 Å². The molecule has 2 aliphatic rings. The molecule has 1 aromatic heterocycles. The molecule has 0 bridgehead atoms. The minimum Gasteiger partial charge on any atom is -0.491 e. The van der Waals surface area contributed by atoms with Crippen LogP contribution in [0.25, 0.3) is 22.5 Å². The zero-order chi connectivity index (χ0) is 19.6. The molecule has 1 N–H and O–H groups in total. The first kappa shape index (κ1) is 18.2. The first-order chi connectivity index (χ1) is 14.3. The van der Waals surface area contributed by atoms with Crippen LogP contribution in [0.3, 0.4) is 0 Å². The summed E-state index contributed by atoms with van der Waals surface area (Å²) in [6.45, 7) is 4.98. The lowest BCUT2D eigenvalue weighted by molar-refractivity contribution is 0.263. The Kier molecular flexibility index (Phi) is 4.96. The molecule has 5 rings (SSSR count). The van der Waals surface area contributed by atoms with Crippen molar-refractivity contribution in [3.05, 3.63) is 54.1 Å². The molecule has 6 nitrogen and oxygen atoms in total. The number of hydrogen-bond donors (Lipinski definition) is 1. The first-order valence-corrected chi connectivity index (χ1v) is 10.1. The lowest BCUT2D eigenvalue weighted by Crippen LogP contribution is -2.03. The Balaban J connectivity index is 1.32. The molecule has 150 valence electrons. The highest BCUT2D eigenvalue weighted by Crippen LogP contribution is 2.32. The summed E-state index contributed by atoms with van der Waals surface area (Å²) in [7, 11) is 0. The quantitative estimate of drug-likeness (QED) is 0.560. The number of rotatable bonds is 9. The van der Waals surface area contributed by atoms with Gasteiger partial charge in [-0.1, -0.05) is 6.92 Å². The fourth-order valence-corrected chi connectivity index (χ4v) is 3.32. The van der Waals surface area contributed by atoms with E-state index in [4.69, 9.17) is 18.9 Å². The minimum absolute atomic E-state index is 0.258. The Morgan fingerprint density at radius 1 is 0.862 bits per heavy atom. The Labute approximate surface area is 169 Å². The molecule has 0 saturated carbocycles. The normalized spacial score (nSPS) is 19.8. The summed E-state index contributed by atoms with van der Waals surface area (Å²) in [6, 6.07) is 16.2. The fraction of sp³-hybridized carbons (Fsp3) is 0.348. The topological polar surface area (TPSA) is 72.2 Å². The van der Waals surface area contributed by atoms with Crippen molar-refractivity contribution >= 4 is 0 Å². The molecule has 2 fully saturated rings. The zero-order valence-corrected chi connectivity index (χ0v) is 16.4. The monoisotopic (exact) mass is 392 g/mol. The third-order valence-corrected chi connectivity index (χ3v) is 5.17. The first-order valence-electron chi connectivity index (χ1n) is 10.1. The third-order valence-electron chi connectivity index (χ3n) is 5.17. The van der Waals surface area contributed by atoms with Crippen LogP contribution in [0, 0.1) is 0 Å². The van der Waals surface area contributed by atoms with Crippen LogP contribution in [0.15, 0.2) is 48.5 Å². The molecule has 2 saturated heterocycles. The van der Waals surface area contributed by atoms with E-state index in [0.717, 1.165) is 53.6 Å². The molecule has 2 unspecified atom stereocenters. The van der Waals surface area contributed by atoms with Crippen molar-refractivity contribution < 1.29 is 18.9 Å². The standard InChI is InChI=1S/C23H24N2O4/c1-2-21-22(15-3-7-17(8-4-15)26-11-19-13-28-19)24-25-23(21)16-5-9-18(10-6-16)27-12-20-14-29-20/h3-10,19-20H,2,11-14H2,1H3,(H,24,25). The highest BCUT2D eigenvalue weighted by Gasteiger charge is 2.24. The van der Waals surface area contributed by atoms with Gasteiger partial charge in [0, 0.05) is 16.7 Å². The van der Waals surface area contributed by atoms with Crippen LogP contribution in [-0.2, 0) is 15.9 Å². The van der Waals surface area contributed by atoms with Crippen LogP contribution in [-0.4, -0.2) is 48.8 Å². The number of H-pyrrole nitrogens is 1. The van der Waals surface area contributed by atoms with E-state index in [1.807, 2.05) is 24.3 Å². The van der Waals surface area contributed by atoms with E-state index in [9.17, 15) is 0 Å². The summed E-state index contributed by atoms with van der Waals surface area (Å²) in [5, 5.41) is 7.83. The van der Waals surface area contributed by atoms with Gasteiger partial charge in [-0.3, -0.25) is 5.10 Å². The van der Waals surface area contributed by atoms with Crippen LogP contribution in [0.4, 0.5) is 0 Å². The van der Waals surface area contributed by atoms with Crippen molar-refractivity contribution in [3.8, 4) is 34.0 Å². The SMILES string of the molecule is CCc1c(-c2ccc(OCC3CO3)cc2)n[nH]c1-c1ccc(OCC2CO2)cc1. The predicted molar refractivity (Wildman–Crippen MR) is 109 cm³/mol. The number of aromatic nitrogens is 2. The van der Waals surface area contributed by atoms with Crippen LogP contribution in [0.1, 0.15) is 12.5 Å². The van der Waals surface area contributed by atoms with Gasteiger partial charge in [-0.15, -0.1) is 0 Å². The molecule has 0 spiro atoms. The fourth-order valence-electron chi connectivity index (χ4n) is 3.32. The molecule has 2 aromatic carbocycles. The summed E-state index contributed by atoms with van der Waals surface area (Å²) in [6.07, 6.45) is 1.40. The highest BCUT2D eigenvalue weighted by atomic mass is 16.6. The van der Waals surface area contributed by atoms with E-state index in [-0.39, 0.29) is 12.2 Å². The summed E-state index contributed by atoms with van der Waals surface area (Å²) < 4.78 is 21.8. The van der Waals surface area contributed by atoms with Crippen LogP contribution in [0.2, 0.25) is 0 Å². The molecular formula is C23H24N2O4. The maximum Gasteiger partial charge on any atom is 0.119 e. The van der Waals surface area contributed by atoms with Crippen molar-refractivity contribution in [2.24, 2.45) is 0 Å². The van der Waals surface area contributed by atoms with Crippen LogP contribution < -0.4 is 9.47 Å². The van der Waals surface area contributed by atoms with Crippen LogP contribution in [0.5, 0.6) is 11.5 Å².